The van der Waals surface area contributed by atoms with Crippen molar-refractivity contribution >= 4 is 34.5 Å². The molecule has 0 bridgehead atoms. The van der Waals surface area contributed by atoms with E-state index in [9.17, 15) is 9.59 Å². The lowest BCUT2D eigenvalue weighted by atomic mass is 10.0. The predicted molar refractivity (Wildman–Crippen MR) is 131 cm³/mol. The Labute approximate surface area is 204 Å². The molecule has 3 aromatic rings. The fourth-order valence-corrected chi connectivity index (χ4v) is 4.50. The predicted octanol–water partition coefficient (Wildman–Crippen LogP) is 4.04. The molecule has 1 fully saturated rings. The number of hydrogen-bond donors (Lipinski definition) is 0. The molecule has 1 unspecified atom stereocenters. The van der Waals surface area contributed by atoms with Gasteiger partial charge in [-0.05, 0) is 51.5 Å². The average Bonchev–Trinajstić information content (AvgIpc) is 3.23. The highest BCUT2D eigenvalue weighted by atomic mass is 35.5. The topological polar surface area (TPSA) is 80.6 Å². The van der Waals surface area contributed by atoms with Crippen LogP contribution in [-0.2, 0) is 9.53 Å². The number of piperazine rings is 1. The van der Waals surface area contributed by atoms with E-state index < -0.39 is 6.04 Å². The summed E-state index contributed by atoms with van der Waals surface area (Å²) in [7, 11) is 0. The van der Waals surface area contributed by atoms with E-state index in [1.165, 1.54) is 0 Å². The Morgan fingerprint density at radius 3 is 2.41 bits per heavy atom. The summed E-state index contributed by atoms with van der Waals surface area (Å²) in [5.41, 5.74) is 2.89. The van der Waals surface area contributed by atoms with Gasteiger partial charge < -0.3 is 9.64 Å². The minimum Gasteiger partial charge on any atom is -0.465 e. The summed E-state index contributed by atoms with van der Waals surface area (Å²) in [6, 6.07) is 8.79. The van der Waals surface area contributed by atoms with Gasteiger partial charge in [0.15, 0.2) is 5.65 Å². The maximum atomic E-state index is 13.4. The highest BCUT2D eigenvalue weighted by molar-refractivity contribution is 6.30. The van der Waals surface area contributed by atoms with Crippen molar-refractivity contribution in [1.29, 1.82) is 0 Å². The molecule has 0 spiro atoms. The van der Waals surface area contributed by atoms with Gasteiger partial charge in [-0.1, -0.05) is 23.7 Å². The molecule has 1 aliphatic heterocycles. The maximum Gasteiger partial charge on any atom is 0.328 e. The Bertz CT molecular complexity index is 1180. The third-order valence-electron chi connectivity index (χ3n) is 6.14. The zero-order valence-electron chi connectivity index (χ0n) is 20.0. The molecule has 9 heteroatoms. The van der Waals surface area contributed by atoms with Crippen LogP contribution in [0.15, 0.2) is 36.5 Å². The standard InChI is InChI=1S/C25H30ClN5O3/c1-5-34-25(33)22(18-6-8-20(26)9-7-18)29-10-12-30(13-11-29)24(32)21-14-19-15-27-31(16(2)3)23(19)28-17(21)4/h6-9,14-16,22H,5,10-13H2,1-4H3. The van der Waals surface area contributed by atoms with Gasteiger partial charge in [-0.2, -0.15) is 5.10 Å². The average molecular weight is 484 g/mol. The number of aryl methyl sites for hydroxylation is 1. The Balaban J connectivity index is 1.51. The maximum absolute atomic E-state index is 13.4. The first kappa shape index (κ1) is 24.2. The summed E-state index contributed by atoms with van der Waals surface area (Å²) >= 11 is 6.04. The lowest BCUT2D eigenvalue weighted by Gasteiger charge is -2.38. The molecule has 1 amide bonds. The van der Waals surface area contributed by atoms with Crippen molar-refractivity contribution < 1.29 is 14.3 Å². The second kappa shape index (κ2) is 10.1. The smallest absolute Gasteiger partial charge is 0.328 e. The monoisotopic (exact) mass is 483 g/mol. The van der Waals surface area contributed by atoms with Crippen LogP contribution in [0.1, 0.15) is 54.5 Å². The molecule has 4 rings (SSSR count). The number of ether oxygens (including phenoxy) is 1. The molecule has 0 saturated carbocycles. The van der Waals surface area contributed by atoms with E-state index in [2.05, 4.69) is 28.8 Å². The molecule has 34 heavy (non-hydrogen) atoms. The molecule has 1 atom stereocenters. The van der Waals surface area contributed by atoms with Crippen LogP contribution in [0.25, 0.3) is 11.0 Å². The van der Waals surface area contributed by atoms with Gasteiger partial charge in [-0.25, -0.2) is 14.5 Å². The lowest BCUT2D eigenvalue weighted by molar-refractivity contribution is -0.150. The van der Waals surface area contributed by atoms with Gasteiger partial charge >= 0.3 is 5.97 Å². The van der Waals surface area contributed by atoms with Crippen molar-refractivity contribution in [3.05, 3.63) is 58.4 Å². The highest BCUT2D eigenvalue weighted by Crippen LogP contribution is 2.26. The first-order chi connectivity index (χ1) is 16.3. The fraction of sp³-hybridized carbons (Fsp3) is 0.440. The summed E-state index contributed by atoms with van der Waals surface area (Å²) in [5.74, 6) is -0.347. The van der Waals surface area contributed by atoms with E-state index in [0.29, 0.717) is 49.1 Å². The van der Waals surface area contributed by atoms with E-state index in [0.717, 1.165) is 16.6 Å². The minimum absolute atomic E-state index is 0.0528. The number of carbonyl (C=O) groups is 2. The van der Waals surface area contributed by atoms with Crippen LogP contribution >= 0.6 is 11.6 Å². The molecule has 1 aliphatic rings. The van der Waals surface area contributed by atoms with Crippen LogP contribution in [-0.4, -0.2) is 69.2 Å². The SMILES string of the molecule is CCOC(=O)C(c1ccc(Cl)cc1)N1CCN(C(=O)c2cc3cnn(C(C)C)c3nc2C)CC1. The number of esters is 1. The zero-order chi connectivity index (χ0) is 24.4. The summed E-state index contributed by atoms with van der Waals surface area (Å²) in [6.07, 6.45) is 1.76. The van der Waals surface area contributed by atoms with E-state index in [-0.39, 0.29) is 17.9 Å². The van der Waals surface area contributed by atoms with E-state index in [1.807, 2.05) is 34.7 Å². The minimum atomic E-state index is -0.531. The molecule has 180 valence electrons. The Morgan fingerprint density at radius 1 is 1.12 bits per heavy atom. The van der Waals surface area contributed by atoms with Gasteiger partial charge in [0, 0.05) is 42.6 Å². The Kier molecular flexibility index (Phi) is 7.19. The number of fused-ring (bicyclic) bond motifs is 1. The number of halogens is 1. The molecule has 0 aliphatic carbocycles. The second-order valence-electron chi connectivity index (χ2n) is 8.75. The van der Waals surface area contributed by atoms with Gasteiger partial charge in [-0.15, -0.1) is 0 Å². The summed E-state index contributed by atoms with van der Waals surface area (Å²) < 4.78 is 7.21. The van der Waals surface area contributed by atoms with Crippen LogP contribution in [0.3, 0.4) is 0 Å². The molecular weight excluding hydrogens is 454 g/mol. The molecular formula is C25H30ClN5O3. The second-order valence-corrected chi connectivity index (χ2v) is 9.19. The van der Waals surface area contributed by atoms with Crippen molar-refractivity contribution in [1.82, 2.24) is 24.6 Å². The molecule has 8 nitrogen and oxygen atoms in total. The van der Waals surface area contributed by atoms with Crippen molar-refractivity contribution in [3.63, 3.8) is 0 Å². The normalized spacial score (nSPS) is 15.6. The van der Waals surface area contributed by atoms with Gasteiger partial charge in [-0.3, -0.25) is 9.69 Å². The molecule has 3 heterocycles. The van der Waals surface area contributed by atoms with E-state index >= 15 is 0 Å². The molecule has 1 saturated heterocycles. The Morgan fingerprint density at radius 2 is 1.79 bits per heavy atom. The Hall–Kier alpha value is -2.97. The lowest BCUT2D eigenvalue weighted by Crippen LogP contribution is -2.51. The molecule has 0 radical (unpaired) electrons. The number of carbonyl (C=O) groups excluding carboxylic acids is 2. The largest absolute Gasteiger partial charge is 0.465 e. The third-order valence-corrected chi connectivity index (χ3v) is 6.39. The van der Waals surface area contributed by atoms with E-state index in [4.69, 9.17) is 16.3 Å². The van der Waals surface area contributed by atoms with Crippen LogP contribution < -0.4 is 0 Å². The van der Waals surface area contributed by atoms with E-state index in [1.54, 1.807) is 25.3 Å². The number of hydrogen-bond acceptors (Lipinski definition) is 6. The third kappa shape index (κ3) is 4.79. The summed E-state index contributed by atoms with van der Waals surface area (Å²) in [5, 5.41) is 5.88. The van der Waals surface area contributed by atoms with Crippen molar-refractivity contribution in [2.24, 2.45) is 0 Å². The molecule has 1 aromatic carbocycles. The van der Waals surface area contributed by atoms with Crippen molar-refractivity contribution in [2.45, 2.75) is 39.8 Å². The van der Waals surface area contributed by atoms with Crippen LogP contribution in [0.4, 0.5) is 0 Å². The first-order valence-corrected chi connectivity index (χ1v) is 12.0. The van der Waals surface area contributed by atoms with Crippen LogP contribution in [0, 0.1) is 6.92 Å². The van der Waals surface area contributed by atoms with Gasteiger partial charge in [0.25, 0.3) is 5.91 Å². The number of rotatable bonds is 6. The quantitative estimate of drug-likeness (QED) is 0.492. The zero-order valence-corrected chi connectivity index (χ0v) is 20.7. The molecule has 0 N–H and O–H groups in total. The van der Waals surface area contributed by atoms with Crippen LogP contribution in [0.2, 0.25) is 5.02 Å². The fourth-order valence-electron chi connectivity index (χ4n) is 4.38. The number of benzene rings is 1. The molecule has 2 aromatic heterocycles. The van der Waals surface area contributed by atoms with Gasteiger partial charge in [0.05, 0.1) is 24.1 Å². The van der Waals surface area contributed by atoms with Crippen molar-refractivity contribution in [3.8, 4) is 0 Å². The number of pyridine rings is 1. The number of aromatic nitrogens is 3. The number of amides is 1. The summed E-state index contributed by atoms with van der Waals surface area (Å²) in [4.78, 5) is 34.7. The number of nitrogens with zero attached hydrogens (tertiary/aromatic N) is 5. The first-order valence-electron chi connectivity index (χ1n) is 11.6. The summed E-state index contributed by atoms with van der Waals surface area (Å²) in [6.45, 7) is 10.2. The highest BCUT2D eigenvalue weighted by Gasteiger charge is 2.33. The van der Waals surface area contributed by atoms with Crippen molar-refractivity contribution in [2.75, 3.05) is 32.8 Å². The van der Waals surface area contributed by atoms with Crippen LogP contribution in [0.5, 0.6) is 0 Å². The van der Waals surface area contributed by atoms with Gasteiger partial charge in [0.1, 0.15) is 6.04 Å². The van der Waals surface area contributed by atoms with Gasteiger partial charge in [0.2, 0.25) is 0 Å².